The van der Waals surface area contributed by atoms with Crippen molar-refractivity contribution in [2.24, 2.45) is 14.1 Å². The summed E-state index contributed by atoms with van der Waals surface area (Å²) < 4.78 is 11.9. The monoisotopic (exact) mass is 429 g/mol. The molecular weight excluding hydrogens is 406 g/mol. The summed E-state index contributed by atoms with van der Waals surface area (Å²) in [7, 11) is 4.79. The fourth-order valence-electron chi connectivity index (χ4n) is 4.22. The van der Waals surface area contributed by atoms with E-state index in [-0.39, 0.29) is 5.56 Å². The molecule has 0 saturated heterocycles. The molecule has 8 heteroatoms. The van der Waals surface area contributed by atoms with Crippen molar-refractivity contribution in [3.8, 4) is 17.0 Å². The van der Waals surface area contributed by atoms with E-state index in [9.17, 15) is 9.59 Å². The molecule has 0 amide bonds. The highest BCUT2D eigenvalue weighted by molar-refractivity contribution is 5.78. The van der Waals surface area contributed by atoms with E-state index in [4.69, 9.17) is 9.72 Å². The summed E-state index contributed by atoms with van der Waals surface area (Å²) in [4.78, 5) is 30.1. The third kappa shape index (κ3) is 2.95. The second-order valence-corrected chi connectivity index (χ2v) is 7.75. The van der Waals surface area contributed by atoms with Crippen LogP contribution in [0.5, 0.6) is 5.75 Å². The van der Waals surface area contributed by atoms with E-state index in [1.807, 2.05) is 60.8 Å². The third-order valence-corrected chi connectivity index (χ3v) is 5.92. The van der Waals surface area contributed by atoms with Crippen molar-refractivity contribution in [2.75, 3.05) is 7.11 Å². The Morgan fingerprint density at radius 3 is 2.41 bits per heavy atom. The molecule has 2 aromatic carbocycles. The van der Waals surface area contributed by atoms with Crippen molar-refractivity contribution < 1.29 is 4.74 Å². The van der Waals surface area contributed by atoms with Gasteiger partial charge in [0.1, 0.15) is 5.75 Å². The number of benzene rings is 2. The summed E-state index contributed by atoms with van der Waals surface area (Å²) in [6, 6.07) is 17.9. The minimum absolute atomic E-state index is 0.364. The molecule has 0 saturated carbocycles. The average Bonchev–Trinajstić information content (AvgIpc) is 3.37. The normalized spacial score (nSPS) is 11.5. The van der Waals surface area contributed by atoms with Crippen LogP contribution in [0.3, 0.4) is 0 Å². The molecule has 0 unspecified atom stereocenters. The van der Waals surface area contributed by atoms with Gasteiger partial charge in [0.15, 0.2) is 11.2 Å². The molecule has 0 bridgehead atoms. The number of aryl methyl sites for hydroxylation is 3. The standard InChI is InChI=1S/C24H23N5O3/c1-26-21-20(22(30)27(2)24(26)31)29-15-18(16-9-5-4-6-10-16)28(23(29)25-21)14-13-17-11-7-8-12-19(17)32-3/h4-12,15H,13-14H2,1-3H3. The predicted molar refractivity (Wildman–Crippen MR) is 123 cm³/mol. The molecule has 0 radical (unpaired) electrons. The molecule has 8 nitrogen and oxygen atoms in total. The van der Waals surface area contributed by atoms with E-state index in [2.05, 4.69) is 4.57 Å². The molecule has 5 rings (SSSR count). The largest absolute Gasteiger partial charge is 0.496 e. The average molecular weight is 429 g/mol. The third-order valence-electron chi connectivity index (χ3n) is 5.92. The second kappa shape index (κ2) is 7.56. The van der Waals surface area contributed by atoms with Crippen LogP contribution in [0.25, 0.3) is 28.2 Å². The Bertz CT molecular complexity index is 1570. The molecule has 3 heterocycles. The molecule has 0 N–H and O–H groups in total. The van der Waals surface area contributed by atoms with Crippen LogP contribution in [0.2, 0.25) is 0 Å². The lowest BCUT2D eigenvalue weighted by molar-refractivity contribution is 0.408. The van der Waals surface area contributed by atoms with Crippen LogP contribution in [0, 0.1) is 0 Å². The lowest BCUT2D eigenvalue weighted by atomic mass is 10.1. The van der Waals surface area contributed by atoms with Gasteiger partial charge < -0.3 is 9.30 Å². The van der Waals surface area contributed by atoms with E-state index in [0.29, 0.717) is 29.9 Å². The minimum atomic E-state index is -0.396. The van der Waals surface area contributed by atoms with Gasteiger partial charge in [0.2, 0.25) is 5.78 Å². The van der Waals surface area contributed by atoms with Gasteiger partial charge in [-0.25, -0.2) is 4.79 Å². The highest BCUT2D eigenvalue weighted by atomic mass is 16.5. The molecule has 0 aliphatic heterocycles. The Kier molecular flexibility index (Phi) is 4.70. The first-order chi connectivity index (χ1) is 15.5. The lowest BCUT2D eigenvalue weighted by Gasteiger charge is -2.11. The van der Waals surface area contributed by atoms with Gasteiger partial charge >= 0.3 is 5.69 Å². The fourth-order valence-corrected chi connectivity index (χ4v) is 4.22. The summed E-state index contributed by atoms with van der Waals surface area (Å²) in [5, 5.41) is 0. The summed E-state index contributed by atoms with van der Waals surface area (Å²) in [5.41, 5.74) is 3.05. The van der Waals surface area contributed by atoms with Gasteiger partial charge in [-0.05, 0) is 23.6 Å². The van der Waals surface area contributed by atoms with Crippen molar-refractivity contribution >= 4 is 16.9 Å². The molecule has 0 aliphatic carbocycles. The maximum Gasteiger partial charge on any atom is 0.332 e. The molecule has 0 fully saturated rings. The quantitative estimate of drug-likeness (QED) is 0.430. The molecular formula is C24H23N5O3. The summed E-state index contributed by atoms with van der Waals surface area (Å²) in [6.07, 6.45) is 2.64. The van der Waals surface area contributed by atoms with Crippen LogP contribution in [-0.4, -0.2) is 30.2 Å². The van der Waals surface area contributed by atoms with Crippen molar-refractivity contribution in [3.63, 3.8) is 0 Å². The fraction of sp³-hybridized carbons (Fsp3) is 0.208. The molecule has 32 heavy (non-hydrogen) atoms. The second-order valence-electron chi connectivity index (χ2n) is 7.75. The van der Waals surface area contributed by atoms with Gasteiger partial charge in [0, 0.05) is 26.8 Å². The smallest absolute Gasteiger partial charge is 0.332 e. The van der Waals surface area contributed by atoms with Crippen molar-refractivity contribution in [3.05, 3.63) is 87.2 Å². The van der Waals surface area contributed by atoms with Crippen LogP contribution in [0.4, 0.5) is 0 Å². The topological polar surface area (TPSA) is 75.5 Å². The van der Waals surface area contributed by atoms with Crippen molar-refractivity contribution in [1.29, 1.82) is 0 Å². The van der Waals surface area contributed by atoms with Gasteiger partial charge in [-0.15, -0.1) is 0 Å². The SMILES string of the molecule is COc1ccccc1CCn1c(-c2ccccc2)cn2c3c(=O)n(C)c(=O)n(C)c3nc12. The number of nitrogens with zero attached hydrogens (tertiary/aromatic N) is 5. The van der Waals surface area contributed by atoms with E-state index < -0.39 is 5.69 Å². The highest BCUT2D eigenvalue weighted by Gasteiger charge is 2.21. The number of hydrogen-bond donors (Lipinski definition) is 0. The van der Waals surface area contributed by atoms with Gasteiger partial charge in [-0.1, -0.05) is 48.5 Å². The van der Waals surface area contributed by atoms with Crippen LogP contribution in [0.15, 0.2) is 70.4 Å². The number of ether oxygens (including phenoxy) is 1. The Morgan fingerprint density at radius 1 is 0.938 bits per heavy atom. The Hall–Kier alpha value is -4.07. The number of rotatable bonds is 5. The number of aromatic nitrogens is 5. The summed E-state index contributed by atoms with van der Waals surface area (Å²) >= 11 is 0. The molecule has 0 atom stereocenters. The van der Waals surface area contributed by atoms with Crippen LogP contribution >= 0.6 is 0 Å². The Morgan fingerprint density at radius 2 is 1.66 bits per heavy atom. The first-order valence-electron chi connectivity index (χ1n) is 10.4. The van der Waals surface area contributed by atoms with Gasteiger partial charge in [-0.2, -0.15) is 4.98 Å². The van der Waals surface area contributed by atoms with E-state index in [1.54, 1.807) is 18.6 Å². The maximum atomic E-state index is 13.0. The number of fused-ring (bicyclic) bond motifs is 3. The van der Waals surface area contributed by atoms with Crippen LogP contribution in [-0.2, 0) is 27.1 Å². The predicted octanol–water partition coefficient (Wildman–Crippen LogP) is 2.60. The van der Waals surface area contributed by atoms with Crippen LogP contribution in [0.1, 0.15) is 5.56 Å². The number of methoxy groups -OCH3 is 1. The Labute approximate surface area is 183 Å². The van der Waals surface area contributed by atoms with Crippen molar-refractivity contribution in [1.82, 2.24) is 23.1 Å². The summed E-state index contributed by atoms with van der Waals surface area (Å²) in [6.45, 7) is 0.624. The summed E-state index contributed by atoms with van der Waals surface area (Å²) in [5.74, 6) is 1.45. The van der Waals surface area contributed by atoms with Gasteiger partial charge in [0.05, 0.1) is 12.8 Å². The maximum absolute atomic E-state index is 13.0. The van der Waals surface area contributed by atoms with Gasteiger partial charge in [0.25, 0.3) is 5.56 Å². The van der Waals surface area contributed by atoms with E-state index in [0.717, 1.165) is 27.1 Å². The molecule has 5 aromatic rings. The molecule has 0 aliphatic rings. The molecule has 0 spiro atoms. The van der Waals surface area contributed by atoms with Gasteiger partial charge in [-0.3, -0.25) is 18.3 Å². The van der Waals surface area contributed by atoms with E-state index >= 15 is 0 Å². The molecule has 162 valence electrons. The minimum Gasteiger partial charge on any atom is -0.496 e. The zero-order valence-corrected chi connectivity index (χ0v) is 18.1. The molecule has 3 aromatic heterocycles. The number of imidazole rings is 2. The van der Waals surface area contributed by atoms with Crippen LogP contribution < -0.4 is 16.0 Å². The lowest BCUT2D eigenvalue weighted by Crippen LogP contribution is -2.37. The zero-order valence-electron chi connectivity index (χ0n) is 18.1. The van der Waals surface area contributed by atoms with Crippen molar-refractivity contribution in [2.45, 2.75) is 13.0 Å². The first kappa shape index (κ1) is 19.9. The number of para-hydroxylation sites is 1. The highest BCUT2D eigenvalue weighted by Crippen LogP contribution is 2.27. The van der Waals surface area contributed by atoms with E-state index in [1.165, 1.54) is 11.6 Å². The first-order valence-corrected chi connectivity index (χ1v) is 10.4. The number of hydrogen-bond acceptors (Lipinski definition) is 4. The Balaban J connectivity index is 1.75. The zero-order chi connectivity index (χ0) is 22.4.